The summed E-state index contributed by atoms with van der Waals surface area (Å²) in [6, 6.07) is 10.6. The van der Waals surface area contributed by atoms with Gasteiger partial charge in [-0.1, -0.05) is 37.3 Å². The van der Waals surface area contributed by atoms with E-state index in [2.05, 4.69) is 52.2 Å². The Morgan fingerprint density at radius 3 is 2.66 bits per heavy atom. The van der Waals surface area contributed by atoms with Gasteiger partial charge >= 0.3 is 0 Å². The lowest BCUT2D eigenvalue weighted by atomic mass is 9.90. The van der Waals surface area contributed by atoms with Gasteiger partial charge < -0.3 is 10.0 Å². The second kappa shape index (κ2) is 8.08. The topological polar surface area (TPSA) is 76.2 Å². The van der Waals surface area contributed by atoms with Crippen LogP contribution in [0.5, 0.6) is 0 Å². The molecular formula is C22H29N5O2. The van der Waals surface area contributed by atoms with Crippen LogP contribution in [0.4, 0.5) is 0 Å². The van der Waals surface area contributed by atoms with E-state index in [1.54, 1.807) is 17.9 Å². The van der Waals surface area contributed by atoms with E-state index in [1.807, 2.05) is 0 Å². The van der Waals surface area contributed by atoms with Gasteiger partial charge in [0.2, 0.25) is 0 Å². The Morgan fingerprint density at radius 1 is 1.21 bits per heavy atom. The zero-order valence-electron chi connectivity index (χ0n) is 17.2. The summed E-state index contributed by atoms with van der Waals surface area (Å²) in [6.45, 7) is 5.25. The fraction of sp³-hybridized carbons (Fsp3) is 0.500. The van der Waals surface area contributed by atoms with Crippen molar-refractivity contribution in [1.29, 1.82) is 0 Å². The summed E-state index contributed by atoms with van der Waals surface area (Å²) >= 11 is 0. The minimum atomic E-state index is -0.872. The van der Waals surface area contributed by atoms with E-state index in [9.17, 15) is 9.90 Å². The number of aromatic nitrogens is 4. The van der Waals surface area contributed by atoms with E-state index >= 15 is 0 Å². The molecule has 4 rings (SSSR count). The van der Waals surface area contributed by atoms with Crippen molar-refractivity contribution < 1.29 is 5.11 Å². The van der Waals surface area contributed by atoms with Crippen molar-refractivity contribution in [3.63, 3.8) is 0 Å². The maximum Gasteiger partial charge on any atom is 0.264 e. The van der Waals surface area contributed by atoms with Crippen molar-refractivity contribution in [2.75, 3.05) is 19.6 Å². The van der Waals surface area contributed by atoms with Gasteiger partial charge in [-0.3, -0.25) is 14.0 Å². The number of aliphatic hydroxyl groups is 1. The van der Waals surface area contributed by atoms with Crippen LogP contribution in [0.25, 0.3) is 11.0 Å². The average Bonchev–Trinajstić information content (AvgIpc) is 3.12. The van der Waals surface area contributed by atoms with Crippen molar-refractivity contribution in [1.82, 2.24) is 24.2 Å². The Bertz CT molecular complexity index is 1020. The maximum absolute atomic E-state index is 12.7. The minimum Gasteiger partial charge on any atom is -0.388 e. The Labute approximate surface area is 170 Å². The van der Waals surface area contributed by atoms with Crippen molar-refractivity contribution in [3.8, 4) is 0 Å². The summed E-state index contributed by atoms with van der Waals surface area (Å²) in [5.41, 5.74) is 0.929. The van der Waals surface area contributed by atoms with Crippen molar-refractivity contribution in [3.05, 3.63) is 58.8 Å². The molecule has 0 amide bonds. The molecule has 1 fully saturated rings. The number of hydrogen-bond donors (Lipinski definition) is 1. The van der Waals surface area contributed by atoms with E-state index in [-0.39, 0.29) is 12.1 Å². The third-order valence-corrected chi connectivity index (χ3v) is 6.22. The molecule has 0 unspecified atom stereocenters. The third kappa shape index (κ3) is 4.26. The van der Waals surface area contributed by atoms with Crippen LogP contribution in [-0.2, 0) is 13.6 Å². The molecule has 3 heterocycles. The number of aryl methyl sites for hydroxylation is 1. The van der Waals surface area contributed by atoms with E-state index < -0.39 is 5.60 Å². The molecule has 29 heavy (non-hydrogen) atoms. The van der Waals surface area contributed by atoms with Crippen molar-refractivity contribution in [2.45, 2.75) is 44.2 Å². The van der Waals surface area contributed by atoms with Crippen LogP contribution in [-0.4, -0.2) is 54.6 Å². The molecule has 0 saturated carbocycles. The Morgan fingerprint density at radius 2 is 1.93 bits per heavy atom. The predicted molar refractivity (Wildman–Crippen MR) is 113 cm³/mol. The van der Waals surface area contributed by atoms with Gasteiger partial charge in [0.25, 0.3) is 5.56 Å². The third-order valence-electron chi connectivity index (χ3n) is 6.22. The molecule has 1 N–H and O–H groups in total. The van der Waals surface area contributed by atoms with Gasteiger partial charge in [-0.15, -0.1) is 0 Å². The number of benzene rings is 1. The van der Waals surface area contributed by atoms with Gasteiger partial charge in [-0.2, -0.15) is 5.10 Å². The highest BCUT2D eigenvalue weighted by Gasteiger charge is 2.33. The molecule has 0 spiro atoms. The first-order valence-electron chi connectivity index (χ1n) is 10.3. The first kappa shape index (κ1) is 19.8. The monoisotopic (exact) mass is 395 g/mol. The van der Waals surface area contributed by atoms with Crippen LogP contribution in [0.2, 0.25) is 0 Å². The zero-order chi connectivity index (χ0) is 20.4. The molecule has 2 aromatic heterocycles. The molecule has 7 heteroatoms. The predicted octanol–water partition coefficient (Wildman–Crippen LogP) is 2.15. The number of nitrogens with zero attached hydrogens (tertiary/aromatic N) is 5. The lowest BCUT2D eigenvalue weighted by Gasteiger charge is -2.38. The fourth-order valence-electron chi connectivity index (χ4n) is 4.17. The van der Waals surface area contributed by atoms with Gasteiger partial charge in [0, 0.05) is 20.1 Å². The molecule has 1 aromatic carbocycles. The lowest BCUT2D eigenvalue weighted by Crippen LogP contribution is -2.48. The van der Waals surface area contributed by atoms with E-state index in [4.69, 9.17) is 0 Å². The summed E-state index contributed by atoms with van der Waals surface area (Å²) < 4.78 is 3.11. The van der Waals surface area contributed by atoms with Crippen molar-refractivity contribution in [2.24, 2.45) is 7.05 Å². The van der Waals surface area contributed by atoms with Gasteiger partial charge in [0.1, 0.15) is 11.7 Å². The quantitative estimate of drug-likeness (QED) is 0.692. The van der Waals surface area contributed by atoms with Crippen LogP contribution >= 0.6 is 0 Å². The van der Waals surface area contributed by atoms with E-state index in [0.29, 0.717) is 29.8 Å². The first-order valence-corrected chi connectivity index (χ1v) is 10.3. The van der Waals surface area contributed by atoms with Gasteiger partial charge in [-0.05, 0) is 37.3 Å². The normalized spacial score (nSPS) is 18.2. The summed E-state index contributed by atoms with van der Waals surface area (Å²) in [5, 5.41) is 15.7. The van der Waals surface area contributed by atoms with E-state index in [1.165, 1.54) is 16.5 Å². The fourth-order valence-corrected chi connectivity index (χ4v) is 4.17. The molecule has 154 valence electrons. The molecule has 1 aliphatic rings. The standard InChI is InChI=1S/C22H29N5O2/c1-17(18-6-4-3-5-7-18)8-11-26-12-9-22(29,10-13-26)15-27-16-23-20-19(21(27)28)14-24-25(20)2/h3-7,14,16-17,29H,8-13,15H2,1-2H3/t17-/m1/s1. The zero-order valence-corrected chi connectivity index (χ0v) is 17.2. The molecule has 0 aliphatic carbocycles. The SMILES string of the molecule is C[C@H](CCN1CCC(O)(Cn2cnc3c(cnn3C)c2=O)CC1)c1ccccc1. The summed E-state index contributed by atoms with van der Waals surface area (Å²) in [5.74, 6) is 0.521. The summed E-state index contributed by atoms with van der Waals surface area (Å²) in [6.07, 6.45) is 5.48. The van der Waals surface area contributed by atoms with Crippen LogP contribution in [0.15, 0.2) is 47.7 Å². The number of piperidine rings is 1. The molecular weight excluding hydrogens is 366 g/mol. The van der Waals surface area contributed by atoms with Crippen LogP contribution in [0.1, 0.15) is 37.7 Å². The minimum absolute atomic E-state index is 0.143. The molecule has 0 bridgehead atoms. The summed E-state index contributed by atoms with van der Waals surface area (Å²) in [4.78, 5) is 19.4. The lowest BCUT2D eigenvalue weighted by molar-refractivity contribution is -0.0351. The smallest absolute Gasteiger partial charge is 0.264 e. The molecule has 1 aliphatic heterocycles. The average molecular weight is 396 g/mol. The van der Waals surface area contributed by atoms with Crippen LogP contribution < -0.4 is 5.56 Å². The maximum atomic E-state index is 12.7. The summed E-state index contributed by atoms with van der Waals surface area (Å²) in [7, 11) is 1.76. The van der Waals surface area contributed by atoms with Gasteiger partial charge in [-0.25, -0.2) is 4.98 Å². The number of fused-ring (bicyclic) bond motifs is 1. The van der Waals surface area contributed by atoms with Gasteiger partial charge in [0.05, 0.1) is 18.3 Å². The second-order valence-corrected chi connectivity index (χ2v) is 8.35. The number of rotatable bonds is 6. The molecule has 1 saturated heterocycles. The highest BCUT2D eigenvalue weighted by atomic mass is 16.3. The Balaban J connectivity index is 1.34. The Kier molecular flexibility index (Phi) is 5.52. The molecule has 7 nitrogen and oxygen atoms in total. The number of likely N-dealkylation sites (tertiary alicyclic amines) is 1. The van der Waals surface area contributed by atoms with Crippen LogP contribution in [0.3, 0.4) is 0 Å². The van der Waals surface area contributed by atoms with E-state index in [0.717, 1.165) is 26.1 Å². The van der Waals surface area contributed by atoms with Crippen molar-refractivity contribution >= 4 is 11.0 Å². The van der Waals surface area contributed by atoms with Crippen LogP contribution in [0, 0.1) is 0 Å². The highest BCUT2D eigenvalue weighted by molar-refractivity contribution is 5.72. The van der Waals surface area contributed by atoms with Gasteiger partial charge in [0.15, 0.2) is 5.65 Å². The Hall–Kier alpha value is -2.51. The highest BCUT2D eigenvalue weighted by Crippen LogP contribution is 2.25. The second-order valence-electron chi connectivity index (χ2n) is 8.35. The molecule has 0 radical (unpaired) electrons. The molecule has 1 atom stereocenters. The first-order chi connectivity index (χ1) is 14.0. The largest absolute Gasteiger partial charge is 0.388 e. The number of hydrogen-bond acceptors (Lipinski definition) is 5. The molecule has 3 aromatic rings.